The second-order valence-corrected chi connectivity index (χ2v) is 9.62. The van der Waals surface area contributed by atoms with Crippen LogP contribution >= 0.6 is 22.9 Å². The first kappa shape index (κ1) is 20.0. The predicted molar refractivity (Wildman–Crippen MR) is 111 cm³/mol. The highest BCUT2D eigenvalue weighted by atomic mass is 35.5. The van der Waals surface area contributed by atoms with Crippen LogP contribution in [0, 0.1) is 12.7 Å². The van der Waals surface area contributed by atoms with Gasteiger partial charge >= 0.3 is 0 Å². The lowest BCUT2D eigenvalue weighted by atomic mass is 10.2. The van der Waals surface area contributed by atoms with Crippen LogP contribution in [0.2, 0.25) is 5.02 Å². The number of hydrogen-bond acceptors (Lipinski definition) is 5. The Morgan fingerprint density at radius 1 is 1.21 bits per heavy atom. The summed E-state index contributed by atoms with van der Waals surface area (Å²) in [5, 5.41) is 4.85. The zero-order chi connectivity index (χ0) is 20.6. The largest absolute Gasteiger partial charge is 0.240 e. The van der Waals surface area contributed by atoms with Gasteiger partial charge in [-0.15, -0.1) is 5.10 Å². The Morgan fingerprint density at radius 2 is 1.97 bits per heavy atom. The van der Waals surface area contributed by atoms with Crippen molar-refractivity contribution in [3.05, 3.63) is 69.9 Å². The van der Waals surface area contributed by atoms with Gasteiger partial charge in [-0.3, -0.25) is 0 Å². The Bertz CT molecular complexity index is 1280. The Balaban J connectivity index is 1.48. The van der Waals surface area contributed by atoms with Gasteiger partial charge in [-0.1, -0.05) is 29.0 Å². The Morgan fingerprint density at radius 3 is 2.66 bits per heavy atom. The molecule has 0 amide bonds. The summed E-state index contributed by atoms with van der Waals surface area (Å²) in [6.07, 6.45) is 0.507. The molecule has 0 atom stereocenters. The van der Waals surface area contributed by atoms with Crippen molar-refractivity contribution < 1.29 is 12.8 Å². The molecule has 2 aromatic carbocycles. The molecule has 2 heterocycles. The molecule has 0 saturated carbocycles. The van der Waals surface area contributed by atoms with Crippen molar-refractivity contribution in [3.8, 4) is 11.4 Å². The van der Waals surface area contributed by atoms with E-state index in [1.807, 2.05) is 6.92 Å². The number of nitrogens with zero attached hydrogens (tertiary/aromatic N) is 3. The molecule has 6 nitrogen and oxygen atoms in total. The van der Waals surface area contributed by atoms with E-state index in [0.29, 0.717) is 22.2 Å². The van der Waals surface area contributed by atoms with E-state index < -0.39 is 10.0 Å². The van der Waals surface area contributed by atoms with Crippen molar-refractivity contribution in [1.29, 1.82) is 0 Å². The van der Waals surface area contributed by atoms with E-state index in [1.54, 1.807) is 28.8 Å². The second kappa shape index (κ2) is 7.83. The molecule has 150 valence electrons. The highest BCUT2D eigenvalue weighted by molar-refractivity contribution is 7.89. The van der Waals surface area contributed by atoms with E-state index in [1.165, 1.54) is 35.6 Å². The zero-order valence-electron chi connectivity index (χ0n) is 15.3. The molecular weight excluding hydrogens is 435 g/mol. The van der Waals surface area contributed by atoms with Gasteiger partial charge in [-0.2, -0.15) is 4.98 Å². The van der Waals surface area contributed by atoms with Crippen molar-refractivity contribution in [2.75, 3.05) is 6.54 Å². The van der Waals surface area contributed by atoms with E-state index in [-0.39, 0.29) is 17.3 Å². The molecule has 0 unspecified atom stereocenters. The smallest absolute Gasteiger partial charge is 0.211 e. The summed E-state index contributed by atoms with van der Waals surface area (Å²) >= 11 is 7.32. The maximum atomic E-state index is 13.1. The third-order valence-electron chi connectivity index (χ3n) is 4.37. The van der Waals surface area contributed by atoms with E-state index in [9.17, 15) is 12.8 Å². The molecule has 0 aliphatic heterocycles. The van der Waals surface area contributed by atoms with Gasteiger partial charge < -0.3 is 0 Å². The molecule has 0 spiro atoms. The normalized spacial score (nSPS) is 12.0. The zero-order valence-corrected chi connectivity index (χ0v) is 17.7. The average molecular weight is 451 g/mol. The third kappa shape index (κ3) is 4.18. The van der Waals surface area contributed by atoms with E-state index in [4.69, 9.17) is 11.6 Å². The van der Waals surface area contributed by atoms with Crippen LogP contribution < -0.4 is 4.72 Å². The molecule has 0 bridgehead atoms. The van der Waals surface area contributed by atoms with Gasteiger partial charge in [-0.05, 0) is 55.8 Å². The summed E-state index contributed by atoms with van der Waals surface area (Å²) in [6.45, 7) is 2.15. The number of aryl methyl sites for hydroxylation is 1. The number of halogens is 2. The number of sulfonamides is 1. The van der Waals surface area contributed by atoms with Gasteiger partial charge in [0.1, 0.15) is 5.82 Å². The summed E-state index contributed by atoms with van der Waals surface area (Å²) < 4.78 is 42.2. The molecule has 1 N–H and O–H groups in total. The monoisotopic (exact) mass is 450 g/mol. The second-order valence-electron chi connectivity index (χ2n) is 6.35. The van der Waals surface area contributed by atoms with Crippen LogP contribution in [0.4, 0.5) is 4.39 Å². The van der Waals surface area contributed by atoms with Crippen LogP contribution in [0.15, 0.2) is 53.4 Å². The molecule has 4 rings (SSSR count). The number of fused-ring (bicyclic) bond motifs is 1. The summed E-state index contributed by atoms with van der Waals surface area (Å²) in [6, 6.07) is 12.1. The van der Waals surface area contributed by atoms with E-state index >= 15 is 0 Å². The first-order chi connectivity index (χ1) is 13.8. The predicted octanol–water partition coefficient (Wildman–Crippen LogP) is 4.08. The highest BCUT2D eigenvalue weighted by Gasteiger charge is 2.17. The molecule has 0 radical (unpaired) electrons. The number of rotatable bonds is 6. The van der Waals surface area contributed by atoms with Crippen LogP contribution in [0.3, 0.4) is 0 Å². The van der Waals surface area contributed by atoms with Crippen molar-refractivity contribution in [3.63, 3.8) is 0 Å². The SMILES string of the molecule is Cc1c(CCNS(=O)(=O)c2cccc(Cl)c2)sc2nc(-c3ccc(F)cc3)nn12. The summed E-state index contributed by atoms with van der Waals surface area (Å²) in [5.41, 5.74) is 1.63. The van der Waals surface area contributed by atoms with Gasteiger partial charge in [0, 0.05) is 22.0 Å². The van der Waals surface area contributed by atoms with Gasteiger partial charge in [0.05, 0.1) is 10.6 Å². The van der Waals surface area contributed by atoms with Gasteiger partial charge in [0.15, 0.2) is 5.82 Å². The summed E-state index contributed by atoms with van der Waals surface area (Å²) in [7, 11) is -3.63. The van der Waals surface area contributed by atoms with Crippen LogP contribution in [-0.2, 0) is 16.4 Å². The highest BCUT2D eigenvalue weighted by Crippen LogP contribution is 2.25. The van der Waals surface area contributed by atoms with E-state index in [0.717, 1.165) is 16.1 Å². The third-order valence-corrected chi connectivity index (χ3v) is 7.25. The molecule has 29 heavy (non-hydrogen) atoms. The Kier molecular flexibility index (Phi) is 5.39. The maximum absolute atomic E-state index is 13.1. The molecule has 10 heteroatoms. The molecular formula is C19H16ClFN4O2S2. The molecule has 0 saturated heterocycles. The van der Waals surface area contributed by atoms with Crippen molar-refractivity contribution in [2.45, 2.75) is 18.2 Å². The standard InChI is InChI=1S/C19H16ClFN4O2S2/c1-12-17(9-10-22-29(26,27)16-4-2-3-14(20)11-16)28-19-23-18(24-25(12)19)13-5-7-15(21)8-6-13/h2-8,11,22H,9-10H2,1H3. The summed E-state index contributed by atoms with van der Waals surface area (Å²) in [4.78, 5) is 6.32. The lowest BCUT2D eigenvalue weighted by molar-refractivity contribution is 0.581. The molecule has 4 aromatic rings. The fourth-order valence-corrected chi connectivity index (χ4v) is 5.24. The fraction of sp³-hybridized carbons (Fsp3) is 0.158. The first-order valence-electron chi connectivity index (χ1n) is 8.70. The number of nitrogens with one attached hydrogen (secondary N) is 1. The van der Waals surface area contributed by atoms with E-state index in [2.05, 4.69) is 14.8 Å². The topological polar surface area (TPSA) is 76.4 Å². The van der Waals surface area contributed by atoms with Crippen LogP contribution in [0.25, 0.3) is 16.3 Å². The fourth-order valence-electron chi connectivity index (χ4n) is 2.85. The van der Waals surface area contributed by atoms with Crippen LogP contribution in [-0.4, -0.2) is 29.6 Å². The Labute approximate surface area is 176 Å². The van der Waals surface area contributed by atoms with Crippen LogP contribution in [0.1, 0.15) is 10.6 Å². The van der Waals surface area contributed by atoms with Gasteiger partial charge in [0.25, 0.3) is 0 Å². The minimum atomic E-state index is -3.63. The quantitative estimate of drug-likeness (QED) is 0.480. The minimum Gasteiger partial charge on any atom is -0.211 e. The minimum absolute atomic E-state index is 0.133. The first-order valence-corrected chi connectivity index (χ1v) is 11.4. The Hall–Kier alpha value is -2.33. The number of aromatic nitrogens is 3. The number of hydrogen-bond donors (Lipinski definition) is 1. The average Bonchev–Trinajstić information content (AvgIpc) is 3.22. The van der Waals surface area contributed by atoms with Gasteiger partial charge in [0.2, 0.25) is 15.0 Å². The maximum Gasteiger partial charge on any atom is 0.240 e. The molecule has 0 aliphatic carbocycles. The summed E-state index contributed by atoms with van der Waals surface area (Å²) in [5.74, 6) is 0.209. The van der Waals surface area contributed by atoms with Crippen molar-refractivity contribution in [1.82, 2.24) is 19.3 Å². The molecule has 0 aliphatic rings. The number of benzene rings is 2. The lowest BCUT2D eigenvalue weighted by Crippen LogP contribution is -2.26. The number of thiazole rings is 1. The van der Waals surface area contributed by atoms with Crippen molar-refractivity contribution in [2.24, 2.45) is 0 Å². The van der Waals surface area contributed by atoms with Gasteiger partial charge in [-0.25, -0.2) is 22.0 Å². The van der Waals surface area contributed by atoms with Crippen molar-refractivity contribution >= 4 is 37.9 Å². The molecule has 2 aromatic heterocycles. The molecule has 0 fully saturated rings. The van der Waals surface area contributed by atoms with Crippen LogP contribution in [0.5, 0.6) is 0 Å². The lowest BCUT2D eigenvalue weighted by Gasteiger charge is -2.06.